The first-order valence-corrected chi connectivity index (χ1v) is 7.73. The van der Waals surface area contributed by atoms with Crippen LogP contribution in [0.15, 0.2) is 12.1 Å². The molecule has 0 saturated heterocycles. The molecule has 0 fully saturated rings. The number of nitrogens with one attached hydrogen (secondary N) is 1. The number of hydrogen-bond donors (Lipinski definition) is 1. The van der Waals surface area contributed by atoms with Gasteiger partial charge in [-0.3, -0.25) is 0 Å². The predicted molar refractivity (Wildman–Crippen MR) is 79.0 cm³/mol. The van der Waals surface area contributed by atoms with Gasteiger partial charge >= 0.3 is 0 Å². The summed E-state index contributed by atoms with van der Waals surface area (Å²) in [6.07, 6.45) is 4.84. The lowest BCUT2D eigenvalue weighted by Gasteiger charge is -2.28. The molecule has 17 heavy (non-hydrogen) atoms. The molecule has 0 aliphatic heterocycles. The van der Waals surface area contributed by atoms with Gasteiger partial charge in [-0.05, 0) is 49.8 Å². The van der Waals surface area contributed by atoms with E-state index < -0.39 is 0 Å². The molecule has 0 spiro atoms. The van der Waals surface area contributed by atoms with E-state index in [1.807, 2.05) is 11.3 Å². The second-order valence-electron chi connectivity index (χ2n) is 5.24. The molecule has 0 aliphatic carbocycles. The lowest BCUT2D eigenvalue weighted by molar-refractivity contribution is 0.293. The fourth-order valence-corrected chi connectivity index (χ4v) is 3.18. The smallest absolute Gasteiger partial charge is 0.00540 e. The zero-order valence-electron chi connectivity index (χ0n) is 11.8. The fraction of sp³-hybridized carbons (Fsp3) is 0.733. The van der Waals surface area contributed by atoms with Gasteiger partial charge in [0.25, 0.3) is 0 Å². The van der Waals surface area contributed by atoms with E-state index in [1.165, 1.54) is 30.6 Å². The summed E-state index contributed by atoms with van der Waals surface area (Å²) in [7, 11) is 0. The first-order valence-electron chi connectivity index (χ1n) is 6.92. The van der Waals surface area contributed by atoms with Crippen LogP contribution in [0.1, 0.15) is 50.3 Å². The Morgan fingerprint density at radius 2 is 1.88 bits per heavy atom. The topological polar surface area (TPSA) is 12.0 Å². The van der Waals surface area contributed by atoms with Crippen molar-refractivity contribution in [3.8, 4) is 0 Å². The highest BCUT2D eigenvalue weighted by Gasteiger charge is 2.22. The molecule has 1 atom stereocenters. The summed E-state index contributed by atoms with van der Waals surface area (Å²) in [5.41, 5.74) is 0.408. The van der Waals surface area contributed by atoms with Crippen LogP contribution in [-0.4, -0.2) is 13.1 Å². The van der Waals surface area contributed by atoms with Crippen LogP contribution in [0.5, 0.6) is 0 Å². The third kappa shape index (κ3) is 4.81. The van der Waals surface area contributed by atoms with Crippen molar-refractivity contribution in [2.75, 3.05) is 13.1 Å². The number of rotatable bonds is 8. The maximum Gasteiger partial charge on any atom is 0.00540 e. The summed E-state index contributed by atoms with van der Waals surface area (Å²) >= 11 is 1.99. The first kappa shape index (κ1) is 14.7. The fourth-order valence-electron chi connectivity index (χ4n) is 2.01. The van der Waals surface area contributed by atoms with Gasteiger partial charge in [-0.15, -0.1) is 11.3 Å². The van der Waals surface area contributed by atoms with Crippen LogP contribution >= 0.6 is 11.3 Å². The third-order valence-electron chi connectivity index (χ3n) is 3.50. The summed E-state index contributed by atoms with van der Waals surface area (Å²) < 4.78 is 0. The maximum atomic E-state index is 3.57. The molecular weight excluding hydrogens is 226 g/mol. The molecule has 1 heterocycles. The average molecular weight is 253 g/mol. The summed E-state index contributed by atoms with van der Waals surface area (Å²) in [5, 5.41) is 3.57. The minimum absolute atomic E-state index is 0.408. The molecule has 2 heteroatoms. The monoisotopic (exact) mass is 253 g/mol. The van der Waals surface area contributed by atoms with Crippen molar-refractivity contribution in [3.63, 3.8) is 0 Å². The lowest BCUT2D eigenvalue weighted by atomic mass is 9.83. The normalized spacial score (nSPS) is 14.8. The molecule has 0 aromatic carbocycles. The van der Waals surface area contributed by atoms with Gasteiger partial charge in [-0.1, -0.05) is 27.7 Å². The number of aryl methyl sites for hydroxylation is 1. The third-order valence-corrected chi connectivity index (χ3v) is 4.73. The Kier molecular flexibility index (Phi) is 6.21. The van der Waals surface area contributed by atoms with Crippen molar-refractivity contribution in [3.05, 3.63) is 21.9 Å². The van der Waals surface area contributed by atoms with E-state index in [2.05, 4.69) is 45.1 Å². The molecule has 1 unspecified atom stereocenters. The highest BCUT2D eigenvalue weighted by atomic mass is 32.1. The molecule has 98 valence electrons. The number of hydrogen-bond acceptors (Lipinski definition) is 2. The van der Waals surface area contributed by atoms with E-state index in [9.17, 15) is 0 Å². The van der Waals surface area contributed by atoms with Crippen molar-refractivity contribution >= 4 is 11.3 Å². The Morgan fingerprint density at radius 1 is 1.18 bits per heavy atom. The van der Waals surface area contributed by atoms with E-state index in [0.717, 1.165) is 13.1 Å². The largest absolute Gasteiger partial charge is 0.316 e. The highest BCUT2D eigenvalue weighted by Crippen LogP contribution is 2.29. The first-order chi connectivity index (χ1) is 8.13. The van der Waals surface area contributed by atoms with Crippen LogP contribution in [0.3, 0.4) is 0 Å². The van der Waals surface area contributed by atoms with Gasteiger partial charge in [0.2, 0.25) is 0 Å². The predicted octanol–water partition coefficient (Wildman–Crippen LogP) is 4.27. The summed E-state index contributed by atoms with van der Waals surface area (Å²) in [6, 6.07) is 4.60. The van der Waals surface area contributed by atoms with E-state index in [4.69, 9.17) is 0 Å². The summed E-state index contributed by atoms with van der Waals surface area (Å²) in [5.74, 6) is 0. The maximum absolute atomic E-state index is 3.57. The molecule has 0 saturated carbocycles. The van der Waals surface area contributed by atoms with Crippen LogP contribution in [0.2, 0.25) is 0 Å². The second kappa shape index (κ2) is 7.17. The lowest BCUT2D eigenvalue weighted by Crippen LogP contribution is -2.33. The quantitative estimate of drug-likeness (QED) is 0.682. The summed E-state index contributed by atoms with van der Waals surface area (Å²) in [4.78, 5) is 3.06. The van der Waals surface area contributed by atoms with E-state index in [0.29, 0.717) is 5.41 Å². The van der Waals surface area contributed by atoms with Crippen molar-refractivity contribution in [2.45, 2.75) is 53.4 Å². The van der Waals surface area contributed by atoms with Crippen molar-refractivity contribution in [2.24, 2.45) is 5.41 Å². The standard InChI is InChI=1S/C15H27NS/c1-5-10-16-12-15(4,7-3)11-14-9-8-13(6-2)17-14/h8-9,16H,5-7,10-12H2,1-4H3. The Labute approximate surface area is 111 Å². The molecule has 1 nitrogen and oxygen atoms in total. The van der Waals surface area contributed by atoms with Gasteiger partial charge in [-0.2, -0.15) is 0 Å². The zero-order valence-corrected chi connectivity index (χ0v) is 12.6. The molecule has 1 rings (SSSR count). The van der Waals surface area contributed by atoms with Crippen molar-refractivity contribution in [1.82, 2.24) is 5.32 Å². The molecule has 1 aromatic rings. The zero-order chi connectivity index (χ0) is 12.7. The van der Waals surface area contributed by atoms with Gasteiger partial charge < -0.3 is 5.32 Å². The van der Waals surface area contributed by atoms with Gasteiger partial charge in [0.1, 0.15) is 0 Å². The molecule has 0 bridgehead atoms. The van der Waals surface area contributed by atoms with Crippen LogP contribution in [0, 0.1) is 5.41 Å². The Hall–Kier alpha value is -0.340. The van der Waals surface area contributed by atoms with E-state index in [1.54, 1.807) is 4.88 Å². The molecule has 1 aromatic heterocycles. The Morgan fingerprint density at radius 3 is 2.41 bits per heavy atom. The minimum atomic E-state index is 0.408. The Balaban J connectivity index is 2.54. The second-order valence-corrected chi connectivity index (χ2v) is 6.49. The molecule has 0 amide bonds. The molecule has 1 N–H and O–H groups in total. The van der Waals surface area contributed by atoms with Gasteiger partial charge in [-0.25, -0.2) is 0 Å². The molecular formula is C15H27NS. The molecule has 0 aliphatic rings. The minimum Gasteiger partial charge on any atom is -0.316 e. The number of thiophene rings is 1. The highest BCUT2D eigenvalue weighted by molar-refractivity contribution is 7.11. The van der Waals surface area contributed by atoms with Gasteiger partial charge in [0.05, 0.1) is 0 Å². The average Bonchev–Trinajstić information content (AvgIpc) is 2.77. The molecule has 0 radical (unpaired) electrons. The van der Waals surface area contributed by atoms with Crippen molar-refractivity contribution < 1.29 is 0 Å². The van der Waals surface area contributed by atoms with Gasteiger partial charge in [0, 0.05) is 16.3 Å². The van der Waals surface area contributed by atoms with Crippen LogP contribution in [0.4, 0.5) is 0 Å². The van der Waals surface area contributed by atoms with E-state index >= 15 is 0 Å². The van der Waals surface area contributed by atoms with Crippen LogP contribution < -0.4 is 5.32 Å². The van der Waals surface area contributed by atoms with Crippen molar-refractivity contribution in [1.29, 1.82) is 0 Å². The van der Waals surface area contributed by atoms with Crippen LogP contribution in [0.25, 0.3) is 0 Å². The van der Waals surface area contributed by atoms with Gasteiger partial charge in [0.15, 0.2) is 0 Å². The SMILES string of the molecule is CCCNCC(C)(CC)Cc1ccc(CC)s1. The van der Waals surface area contributed by atoms with E-state index in [-0.39, 0.29) is 0 Å². The Bertz CT molecular complexity index is 318. The van der Waals surface area contributed by atoms with Crippen LogP contribution in [-0.2, 0) is 12.8 Å². The summed E-state index contributed by atoms with van der Waals surface area (Å²) in [6.45, 7) is 11.4.